The molecule has 0 aromatic carbocycles. The first-order chi connectivity index (χ1) is 7.72. The van der Waals surface area contributed by atoms with Gasteiger partial charge in [-0.25, -0.2) is 4.79 Å². The number of urea groups is 1. The summed E-state index contributed by atoms with van der Waals surface area (Å²) < 4.78 is 0. The molecule has 2 rings (SSSR count). The van der Waals surface area contributed by atoms with Gasteiger partial charge in [-0.2, -0.15) is 0 Å². The first-order valence-electron chi connectivity index (χ1n) is 6.45. The summed E-state index contributed by atoms with van der Waals surface area (Å²) in [5.41, 5.74) is 5.79. The van der Waals surface area contributed by atoms with Crippen molar-refractivity contribution in [3.8, 4) is 0 Å². The molecule has 0 heterocycles. The van der Waals surface area contributed by atoms with Gasteiger partial charge < -0.3 is 16.0 Å². The van der Waals surface area contributed by atoms with Gasteiger partial charge in [-0.3, -0.25) is 0 Å². The Bertz CT molecular complexity index is 253. The summed E-state index contributed by atoms with van der Waals surface area (Å²) in [6.45, 7) is 0.700. The second-order valence-electron chi connectivity index (χ2n) is 5.18. The normalized spacial score (nSPS) is 29.9. The van der Waals surface area contributed by atoms with E-state index >= 15 is 0 Å². The van der Waals surface area contributed by atoms with Gasteiger partial charge in [0.1, 0.15) is 0 Å². The lowest BCUT2D eigenvalue weighted by Gasteiger charge is -2.37. The maximum absolute atomic E-state index is 11.9. The Morgan fingerprint density at radius 1 is 1.31 bits per heavy atom. The third kappa shape index (κ3) is 2.67. The van der Waals surface area contributed by atoms with Crippen molar-refractivity contribution in [1.82, 2.24) is 10.2 Å². The van der Waals surface area contributed by atoms with E-state index in [1.807, 2.05) is 11.9 Å². The maximum atomic E-state index is 11.9. The lowest BCUT2D eigenvalue weighted by atomic mass is 9.84. The molecule has 3 N–H and O–H groups in total. The molecule has 2 fully saturated rings. The van der Waals surface area contributed by atoms with Crippen LogP contribution >= 0.6 is 0 Å². The highest BCUT2D eigenvalue weighted by molar-refractivity contribution is 5.75. The molecule has 0 saturated heterocycles. The van der Waals surface area contributed by atoms with Crippen molar-refractivity contribution in [3.05, 3.63) is 0 Å². The fourth-order valence-electron chi connectivity index (χ4n) is 2.63. The summed E-state index contributed by atoms with van der Waals surface area (Å²) in [7, 11) is 1.91. The van der Waals surface area contributed by atoms with Gasteiger partial charge in [0.05, 0.1) is 0 Å². The number of carbonyl (C=O) groups excluding carboxylic acids is 1. The number of nitrogens with two attached hydrogens (primary N) is 1. The Hall–Kier alpha value is -0.770. The van der Waals surface area contributed by atoms with Gasteiger partial charge >= 0.3 is 6.03 Å². The standard InChI is InChI=1S/C12H23N3O/c1-15(12(16)14-10-6-7-10)11-5-3-2-4-9(11)8-13/h9-11H,2-8,13H2,1H3,(H,14,16). The molecule has 0 radical (unpaired) electrons. The van der Waals surface area contributed by atoms with Crippen LogP contribution in [-0.2, 0) is 0 Å². The summed E-state index contributed by atoms with van der Waals surface area (Å²) in [5, 5.41) is 3.04. The molecule has 0 aliphatic heterocycles. The third-order valence-corrected chi connectivity index (χ3v) is 3.89. The number of hydrogen-bond donors (Lipinski definition) is 2. The Morgan fingerprint density at radius 2 is 2.00 bits per heavy atom. The van der Waals surface area contributed by atoms with E-state index in [1.54, 1.807) is 0 Å². The molecule has 92 valence electrons. The largest absolute Gasteiger partial charge is 0.335 e. The zero-order valence-corrected chi connectivity index (χ0v) is 10.1. The number of carbonyl (C=O) groups is 1. The van der Waals surface area contributed by atoms with E-state index in [9.17, 15) is 4.79 Å². The number of nitrogens with zero attached hydrogens (tertiary/aromatic N) is 1. The molecule has 2 atom stereocenters. The number of rotatable bonds is 3. The lowest BCUT2D eigenvalue weighted by Crippen LogP contribution is -2.50. The molecule has 0 bridgehead atoms. The molecule has 0 aromatic heterocycles. The van der Waals surface area contributed by atoms with E-state index in [0.29, 0.717) is 24.5 Å². The van der Waals surface area contributed by atoms with Gasteiger partial charge in [-0.15, -0.1) is 0 Å². The minimum atomic E-state index is 0.0906. The van der Waals surface area contributed by atoms with Crippen LogP contribution in [0.5, 0.6) is 0 Å². The predicted octanol–water partition coefficient (Wildman–Crippen LogP) is 1.31. The van der Waals surface area contributed by atoms with E-state index in [-0.39, 0.29) is 6.03 Å². The van der Waals surface area contributed by atoms with E-state index in [0.717, 1.165) is 19.3 Å². The van der Waals surface area contributed by atoms with Gasteiger partial charge in [-0.05, 0) is 38.1 Å². The van der Waals surface area contributed by atoms with E-state index in [2.05, 4.69) is 5.32 Å². The van der Waals surface area contributed by atoms with Crippen LogP contribution in [0.1, 0.15) is 38.5 Å². The molecule has 2 aliphatic carbocycles. The lowest BCUT2D eigenvalue weighted by molar-refractivity contribution is 0.141. The summed E-state index contributed by atoms with van der Waals surface area (Å²) in [6.07, 6.45) is 7.05. The zero-order chi connectivity index (χ0) is 11.5. The van der Waals surface area contributed by atoms with Gasteiger partial charge in [0.25, 0.3) is 0 Å². The molecule has 2 aliphatic rings. The number of amides is 2. The third-order valence-electron chi connectivity index (χ3n) is 3.89. The molecule has 16 heavy (non-hydrogen) atoms. The minimum absolute atomic E-state index is 0.0906. The molecule has 4 heteroatoms. The van der Waals surface area contributed by atoms with Gasteiger partial charge in [0.2, 0.25) is 0 Å². The predicted molar refractivity (Wildman–Crippen MR) is 64.1 cm³/mol. The minimum Gasteiger partial charge on any atom is -0.335 e. The van der Waals surface area contributed by atoms with Crippen LogP contribution in [0.3, 0.4) is 0 Å². The van der Waals surface area contributed by atoms with Gasteiger partial charge in [-0.1, -0.05) is 12.8 Å². The fraction of sp³-hybridized carbons (Fsp3) is 0.917. The molecule has 4 nitrogen and oxygen atoms in total. The van der Waals surface area contributed by atoms with E-state index < -0.39 is 0 Å². The Kier molecular flexibility index (Phi) is 3.69. The van der Waals surface area contributed by atoms with Crippen molar-refractivity contribution < 1.29 is 4.79 Å². The highest BCUT2D eigenvalue weighted by Crippen LogP contribution is 2.27. The first-order valence-corrected chi connectivity index (χ1v) is 6.45. The van der Waals surface area contributed by atoms with Crippen LogP contribution in [0.4, 0.5) is 4.79 Å². The Balaban J connectivity index is 1.89. The summed E-state index contributed by atoms with van der Waals surface area (Å²) in [4.78, 5) is 13.8. The Morgan fingerprint density at radius 3 is 2.62 bits per heavy atom. The summed E-state index contributed by atoms with van der Waals surface area (Å²) >= 11 is 0. The average Bonchev–Trinajstić information content (AvgIpc) is 3.11. The highest BCUT2D eigenvalue weighted by Gasteiger charge is 2.32. The smallest absolute Gasteiger partial charge is 0.317 e. The molecule has 2 amide bonds. The zero-order valence-electron chi connectivity index (χ0n) is 10.1. The molecular weight excluding hydrogens is 202 g/mol. The maximum Gasteiger partial charge on any atom is 0.317 e. The van der Waals surface area contributed by atoms with Crippen molar-refractivity contribution >= 4 is 6.03 Å². The van der Waals surface area contributed by atoms with E-state index in [1.165, 1.54) is 19.3 Å². The van der Waals surface area contributed by atoms with Crippen molar-refractivity contribution in [3.63, 3.8) is 0 Å². The van der Waals surface area contributed by atoms with Gasteiger partial charge in [0, 0.05) is 19.1 Å². The van der Waals surface area contributed by atoms with Crippen LogP contribution < -0.4 is 11.1 Å². The van der Waals surface area contributed by atoms with Crippen LogP contribution in [0.15, 0.2) is 0 Å². The molecule has 2 saturated carbocycles. The molecular formula is C12H23N3O. The molecule has 0 aromatic rings. The summed E-state index contributed by atoms with van der Waals surface area (Å²) in [6, 6.07) is 0.875. The van der Waals surface area contributed by atoms with Gasteiger partial charge in [0.15, 0.2) is 0 Å². The highest BCUT2D eigenvalue weighted by atomic mass is 16.2. The number of nitrogens with one attached hydrogen (secondary N) is 1. The first kappa shape index (κ1) is 11.7. The van der Waals surface area contributed by atoms with E-state index in [4.69, 9.17) is 5.73 Å². The molecule has 2 unspecified atom stereocenters. The monoisotopic (exact) mass is 225 g/mol. The average molecular weight is 225 g/mol. The quantitative estimate of drug-likeness (QED) is 0.761. The summed E-state index contributed by atoms with van der Waals surface area (Å²) in [5.74, 6) is 0.490. The van der Waals surface area contributed by atoms with Crippen molar-refractivity contribution in [2.24, 2.45) is 11.7 Å². The van der Waals surface area contributed by atoms with Crippen LogP contribution in [0.25, 0.3) is 0 Å². The fourth-order valence-corrected chi connectivity index (χ4v) is 2.63. The van der Waals surface area contributed by atoms with Crippen LogP contribution in [-0.4, -0.2) is 36.6 Å². The second-order valence-corrected chi connectivity index (χ2v) is 5.18. The van der Waals surface area contributed by atoms with Crippen molar-refractivity contribution in [1.29, 1.82) is 0 Å². The SMILES string of the molecule is CN(C(=O)NC1CC1)C1CCCCC1CN. The van der Waals surface area contributed by atoms with Crippen LogP contribution in [0.2, 0.25) is 0 Å². The van der Waals surface area contributed by atoms with Crippen molar-refractivity contribution in [2.75, 3.05) is 13.6 Å². The topological polar surface area (TPSA) is 58.4 Å². The Labute approximate surface area is 97.6 Å². The second kappa shape index (κ2) is 5.04. The number of hydrogen-bond acceptors (Lipinski definition) is 2. The molecule has 0 spiro atoms. The van der Waals surface area contributed by atoms with Crippen LogP contribution in [0, 0.1) is 5.92 Å². The van der Waals surface area contributed by atoms with Crippen molar-refractivity contribution in [2.45, 2.75) is 50.6 Å².